The van der Waals surface area contributed by atoms with Crippen LogP contribution in [0.4, 0.5) is 10.1 Å². The summed E-state index contributed by atoms with van der Waals surface area (Å²) in [5.74, 6) is 0.636. The lowest BCUT2D eigenvalue weighted by Gasteiger charge is -2.10. The predicted molar refractivity (Wildman–Crippen MR) is 112 cm³/mol. The molecule has 9 heteroatoms. The number of nitrogens with one attached hydrogen (secondary N) is 1. The summed E-state index contributed by atoms with van der Waals surface area (Å²) in [6.45, 7) is 4.74. The minimum atomic E-state index is -0.473. The number of aryl methyl sites for hydroxylation is 1. The maximum absolute atomic E-state index is 13.6. The van der Waals surface area contributed by atoms with Crippen LogP contribution < -0.4 is 10.1 Å². The average Bonchev–Trinajstić information content (AvgIpc) is 3.11. The van der Waals surface area contributed by atoms with Gasteiger partial charge in [0.1, 0.15) is 18.2 Å². The number of nitrogens with zero attached hydrogens (tertiary/aromatic N) is 3. The van der Waals surface area contributed by atoms with E-state index in [0.29, 0.717) is 28.3 Å². The summed E-state index contributed by atoms with van der Waals surface area (Å²) in [6.07, 6.45) is 0. The van der Waals surface area contributed by atoms with Crippen molar-refractivity contribution in [1.29, 1.82) is 0 Å². The van der Waals surface area contributed by atoms with Gasteiger partial charge in [0, 0.05) is 11.6 Å². The lowest BCUT2D eigenvalue weighted by atomic mass is 10.2. The fourth-order valence-electron chi connectivity index (χ4n) is 2.58. The fraction of sp³-hybridized carbons (Fsp3) is 0.250. The largest absolute Gasteiger partial charge is 0.486 e. The van der Waals surface area contributed by atoms with Crippen molar-refractivity contribution < 1.29 is 13.9 Å². The van der Waals surface area contributed by atoms with Gasteiger partial charge in [-0.25, -0.2) is 4.39 Å². The van der Waals surface area contributed by atoms with E-state index >= 15 is 0 Å². The number of amides is 1. The van der Waals surface area contributed by atoms with Gasteiger partial charge in [-0.2, -0.15) is 0 Å². The van der Waals surface area contributed by atoms with Gasteiger partial charge in [-0.15, -0.1) is 10.2 Å². The van der Waals surface area contributed by atoms with Gasteiger partial charge in [0.15, 0.2) is 11.0 Å². The minimum Gasteiger partial charge on any atom is -0.486 e. The number of thioether (sulfide) groups is 1. The molecule has 3 rings (SSSR count). The number of benzene rings is 2. The molecule has 0 aliphatic heterocycles. The molecule has 0 saturated carbocycles. The highest BCUT2D eigenvalue weighted by atomic mass is 35.5. The molecule has 6 nitrogen and oxygen atoms in total. The first kappa shape index (κ1) is 21.1. The molecule has 0 aliphatic rings. The number of rotatable bonds is 8. The van der Waals surface area contributed by atoms with Crippen LogP contribution in [0, 0.1) is 12.7 Å². The number of ether oxygens (including phenoxy) is 1. The summed E-state index contributed by atoms with van der Waals surface area (Å²) in [6, 6.07) is 11.5. The molecule has 0 saturated heterocycles. The quantitative estimate of drug-likeness (QED) is 0.520. The maximum atomic E-state index is 13.6. The summed E-state index contributed by atoms with van der Waals surface area (Å²) >= 11 is 7.26. The van der Waals surface area contributed by atoms with E-state index < -0.39 is 5.82 Å². The van der Waals surface area contributed by atoms with Crippen molar-refractivity contribution in [3.05, 3.63) is 64.7 Å². The van der Waals surface area contributed by atoms with Gasteiger partial charge in [0.2, 0.25) is 5.91 Å². The van der Waals surface area contributed by atoms with Gasteiger partial charge in [-0.1, -0.05) is 35.5 Å². The van der Waals surface area contributed by atoms with Crippen molar-refractivity contribution >= 4 is 35.0 Å². The molecule has 0 bridgehead atoms. The molecule has 0 fully saturated rings. The summed E-state index contributed by atoms with van der Waals surface area (Å²) in [7, 11) is 0. The molecule has 1 aromatic heterocycles. The molecule has 0 unspecified atom stereocenters. The predicted octanol–water partition coefficient (Wildman–Crippen LogP) is 4.71. The van der Waals surface area contributed by atoms with Crippen molar-refractivity contribution in [1.82, 2.24) is 14.8 Å². The first-order valence-electron chi connectivity index (χ1n) is 8.96. The zero-order valence-corrected chi connectivity index (χ0v) is 17.6. The van der Waals surface area contributed by atoms with E-state index in [9.17, 15) is 9.18 Å². The number of carbonyl (C=O) groups excluding carboxylic acids is 1. The topological polar surface area (TPSA) is 69.0 Å². The van der Waals surface area contributed by atoms with Crippen LogP contribution in [0.25, 0.3) is 0 Å². The van der Waals surface area contributed by atoms with E-state index in [-0.39, 0.29) is 24.0 Å². The Morgan fingerprint density at radius 2 is 2.07 bits per heavy atom. The Hall–Kier alpha value is -2.58. The molecule has 152 valence electrons. The summed E-state index contributed by atoms with van der Waals surface area (Å²) in [4.78, 5) is 12.1. The third-order valence-corrected chi connectivity index (χ3v) is 5.48. The van der Waals surface area contributed by atoms with Crippen LogP contribution in [0.3, 0.4) is 0 Å². The molecule has 0 radical (unpaired) electrons. The molecule has 0 spiro atoms. The van der Waals surface area contributed by atoms with Crippen LogP contribution in [0.1, 0.15) is 18.3 Å². The molecule has 1 amide bonds. The first-order valence-corrected chi connectivity index (χ1v) is 10.3. The lowest BCUT2D eigenvalue weighted by Crippen LogP contribution is -2.15. The van der Waals surface area contributed by atoms with Gasteiger partial charge >= 0.3 is 0 Å². The van der Waals surface area contributed by atoms with Crippen LogP contribution in [-0.2, 0) is 17.9 Å². The zero-order chi connectivity index (χ0) is 20.8. The van der Waals surface area contributed by atoms with Crippen molar-refractivity contribution in [3.8, 4) is 5.75 Å². The molecule has 29 heavy (non-hydrogen) atoms. The van der Waals surface area contributed by atoms with E-state index in [2.05, 4.69) is 15.5 Å². The number of hydrogen-bond donors (Lipinski definition) is 1. The first-order chi connectivity index (χ1) is 14.0. The molecular formula is C20H20ClFN4O2S. The number of carbonyl (C=O) groups is 1. The van der Waals surface area contributed by atoms with Gasteiger partial charge in [-0.3, -0.25) is 4.79 Å². The zero-order valence-electron chi connectivity index (χ0n) is 16.0. The Labute approximate surface area is 177 Å². The van der Waals surface area contributed by atoms with Crippen LogP contribution >= 0.6 is 23.4 Å². The highest BCUT2D eigenvalue weighted by Gasteiger charge is 2.14. The Balaban J connectivity index is 1.59. The minimum absolute atomic E-state index is 0.0870. The van der Waals surface area contributed by atoms with Crippen LogP contribution in [0.5, 0.6) is 5.75 Å². The molecule has 2 aromatic carbocycles. The van der Waals surface area contributed by atoms with E-state index in [0.717, 1.165) is 5.56 Å². The number of hydrogen-bond acceptors (Lipinski definition) is 5. The molecule has 1 N–H and O–H groups in total. The van der Waals surface area contributed by atoms with Gasteiger partial charge in [-0.05, 0) is 49.7 Å². The molecule has 0 aliphatic carbocycles. The Morgan fingerprint density at radius 1 is 1.28 bits per heavy atom. The van der Waals surface area contributed by atoms with E-state index in [1.165, 1.54) is 23.9 Å². The fourth-order valence-corrected chi connectivity index (χ4v) is 3.52. The summed E-state index contributed by atoms with van der Waals surface area (Å²) in [5, 5.41) is 12.2. The summed E-state index contributed by atoms with van der Waals surface area (Å²) < 4.78 is 21.3. The van der Waals surface area contributed by atoms with Crippen molar-refractivity contribution in [2.45, 2.75) is 32.2 Å². The molecule has 0 atom stereocenters. The molecule has 3 aromatic rings. The van der Waals surface area contributed by atoms with Gasteiger partial charge in [0.05, 0.1) is 11.4 Å². The summed E-state index contributed by atoms with van der Waals surface area (Å²) in [5.41, 5.74) is 1.08. The van der Waals surface area contributed by atoms with E-state index in [1.807, 2.05) is 24.5 Å². The standard InChI is InChI=1S/C20H20ClFN4O2S/c1-3-26-18(11-28-14-8-9-15(21)13(2)10-14)24-25-20(26)29-12-19(27)23-17-7-5-4-6-16(17)22/h4-10H,3,11-12H2,1-2H3,(H,23,27). The Bertz CT molecular complexity index is 1010. The van der Waals surface area contributed by atoms with Crippen molar-refractivity contribution in [2.75, 3.05) is 11.1 Å². The highest BCUT2D eigenvalue weighted by molar-refractivity contribution is 7.99. The number of aromatic nitrogens is 3. The smallest absolute Gasteiger partial charge is 0.234 e. The third kappa shape index (κ3) is 5.48. The average molecular weight is 435 g/mol. The van der Waals surface area contributed by atoms with Gasteiger partial charge in [0.25, 0.3) is 0 Å². The molecular weight excluding hydrogens is 415 g/mol. The number of halogens is 2. The SMILES string of the molecule is CCn1c(COc2ccc(Cl)c(C)c2)nnc1SCC(=O)Nc1ccccc1F. The van der Waals surface area contributed by atoms with E-state index in [4.69, 9.17) is 16.3 Å². The second kappa shape index (κ2) is 9.76. The second-order valence-corrected chi connectivity index (χ2v) is 7.51. The monoisotopic (exact) mass is 434 g/mol. The van der Waals surface area contributed by atoms with Crippen molar-refractivity contribution in [3.63, 3.8) is 0 Å². The number of anilines is 1. The maximum Gasteiger partial charge on any atom is 0.234 e. The second-order valence-electron chi connectivity index (χ2n) is 6.16. The van der Waals surface area contributed by atoms with Crippen molar-refractivity contribution in [2.24, 2.45) is 0 Å². The third-order valence-electron chi connectivity index (χ3n) is 4.09. The Morgan fingerprint density at radius 3 is 2.79 bits per heavy atom. The Kier molecular flexibility index (Phi) is 7.11. The lowest BCUT2D eigenvalue weighted by molar-refractivity contribution is -0.113. The van der Waals surface area contributed by atoms with Crippen LogP contribution in [0.2, 0.25) is 5.02 Å². The van der Waals surface area contributed by atoms with E-state index in [1.54, 1.807) is 24.3 Å². The van der Waals surface area contributed by atoms with Crippen LogP contribution in [0.15, 0.2) is 47.6 Å². The van der Waals surface area contributed by atoms with Gasteiger partial charge < -0.3 is 14.6 Å². The normalized spacial score (nSPS) is 10.8. The highest BCUT2D eigenvalue weighted by Crippen LogP contribution is 2.23. The number of para-hydroxylation sites is 1. The molecule has 1 heterocycles. The van der Waals surface area contributed by atoms with Crippen LogP contribution in [-0.4, -0.2) is 26.4 Å².